The van der Waals surface area contributed by atoms with Crippen LogP contribution in [0.2, 0.25) is 5.02 Å². The fourth-order valence-corrected chi connectivity index (χ4v) is 5.10. The molecule has 1 aliphatic heterocycles. The van der Waals surface area contributed by atoms with Gasteiger partial charge in [0.2, 0.25) is 5.91 Å². The van der Waals surface area contributed by atoms with E-state index in [1.165, 1.54) is 17.6 Å². The van der Waals surface area contributed by atoms with Crippen LogP contribution in [0, 0.1) is 13.8 Å². The number of aliphatic hydroxyl groups excluding tert-OH is 1. The number of hydrogen-bond donors (Lipinski definition) is 3. The predicted octanol–water partition coefficient (Wildman–Crippen LogP) is 5.19. The van der Waals surface area contributed by atoms with Crippen LogP contribution in [0.15, 0.2) is 47.5 Å². The Hall–Kier alpha value is -3.40. The van der Waals surface area contributed by atoms with E-state index in [0.29, 0.717) is 28.5 Å². The molecule has 4 N–H and O–H groups in total. The molecule has 10 heteroatoms. The first-order valence-electron chi connectivity index (χ1n) is 11.9. The number of anilines is 1. The van der Waals surface area contributed by atoms with Crippen molar-refractivity contribution in [3.05, 3.63) is 69.1 Å². The molecule has 4 rings (SSSR count). The van der Waals surface area contributed by atoms with Gasteiger partial charge in [0.25, 0.3) is 0 Å². The number of carbonyl (C=O) groups is 1. The zero-order valence-electron chi connectivity index (χ0n) is 21.0. The van der Waals surface area contributed by atoms with Gasteiger partial charge in [-0.15, -0.1) is 0 Å². The number of likely N-dealkylation sites (tertiary alicyclic amines) is 1. The molecule has 0 radical (unpaired) electrons. The molecule has 0 spiro atoms. The molecule has 3 aromatic rings. The fourth-order valence-electron chi connectivity index (χ4n) is 4.05. The summed E-state index contributed by atoms with van der Waals surface area (Å²) in [6.45, 7) is 6.33. The highest BCUT2D eigenvalue weighted by Gasteiger charge is 2.19. The van der Waals surface area contributed by atoms with E-state index in [-0.39, 0.29) is 24.0 Å². The summed E-state index contributed by atoms with van der Waals surface area (Å²) >= 11 is 7.78. The Balaban J connectivity index is 1.47. The maximum atomic E-state index is 12.3. The van der Waals surface area contributed by atoms with E-state index in [2.05, 4.69) is 19.6 Å². The Morgan fingerprint density at radius 1 is 1.30 bits per heavy atom. The first kappa shape index (κ1) is 26.7. The SMILES string of the molecule is COc1ccc(-c2nsc(C)c2/C(O)=C/C(N)=NCc2cc(C)c(NC(=O)CN3CCC3)c(Cl)c2)cc1. The van der Waals surface area contributed by atoms with E-state index in [9.17, 15) is 9.90 Å². The maximum Gasteiger partial charge on any atom is 0.238 e. The zero-order chi connectivity index (χ0) is 26.5. The van der Waals surface area contributed by atoms with Gasteiger partial charge in [-0.2, -0.15) is 4.37 Å². The molecule has 2 heterocycles. The first-order valence-corrected chi connectivity index (χ1v) is 13.0. The lowest BCUT2D eigenvalue weighted by atomic mass is 10.0. The van der Waals surface area contributed by atoms with Gasteiger partial charge in [-0.05, 0) is 86.3 Å². The van der Waals surface area contributed by atoms with Crippen LogP contribution < -0.4 is 15.8 Å². The molecule has 37 heavy (non-hydrogen) atoms. The van der Waals surface area contributed by atoms with E-state index >= 15 is 0 Å². The van der Waals surface area contributed by atoms with Crippen LogP contribution >= 0.6 is 23.1 Å². The molecule has 0 saturated carbocycles. The second-order valence-electron chi connectivity index (χ2n) is 8.91. The van der Waals surface area contributed by atoms with Crippen LogP contribution in [0.5, 0.6) is 5.75 Å². The van der Waals surface area contributed by atoms with Crippen molar-refractivity contribution in [1.29, 1.82) is 0 Å². The number of methoxy groups -OCH3 is 1. The quantitative estimate of drug-likeness (QED) is 0.196. The number of nitrogens with one attached hydrogen (secondary N) is 1. The number of amides is 1. The summed E-state index contributed by atoms with van der Waals surface area (Å²) in [5.74, 6) is 0.829. The van der Waals surface area contributed by atoms with Crippen molar-refractivity contribution >= 4 is 46.3 Å². The van der Waals surface area contributed by atoms with E-state index in [1.807, 2.05) is 44.2 Å². The van der Waals surface area contributed by atoms with Crippen molar-refractivity contribution in [1.82, 2.24) is 9.27 Å². The lowest BCUT2D eigenvalue weighted by molar-refractivity contribution is -0.118. The number of nitrogens with two attached hydrogens (primary N) is 1. The second-order valence-corrected chi connectivity index (χ2v) is 10.3. The number of nitrogens with zero attached hydrogens (tertiary/aromatic N) is 3. The smallest absolute Gasteiger partial charge is 0.238 e. The van der Waals surface area contributed by atoms with Crippen molar-refractivity contribution < 1.29 is 14.6 Å². The number of rotatable bonds is 9. The number of halogens is 1. The van der Waals surface area contributed by atoms with Gasteiger partial charge in [-0.25, -0.2) is 0 Å². The van der Waals surface area contributed by atoms with Crippen LogP contribution in [-0.4, -0.2) is 52.9 Å². The summed E-state index contributed by atoms with van der Waals surface area (Å²) in [5, 5.41) is 14.2. The number of carbonyl (C=O) groups excluding carboxylic acids is 1. The number of aryl methyl sites for hydroxylation is 2. The van der Waals surface area contributed by atoms with Gasteiger partial charge in [-0.1, -0.05) is 17.7 Å². The molecule has 8 nitrogen and oxygen atoms in total. The molecule has 194 valence electrons. The van der Waals surface area contributed by atoms with Crippen molar-refractivity contribution in [2.75, 3.05) is 32.1 Å². The Morgan fingerprint density at radius 3 is 2.65 bits per heavy atom. The molecule has 1 aromatic heterocycles. The minimum atomic E-state index is -0.0763. The highest BCUT2D eigenvalue weighted by atomic mass is 35.5. The van der Waals surface area contributed by atoms with E-state index in [0.717, 1.165) is 46.8 Å². The lowest BCUT2D eigenvalue weighted by Crippen LogP contribution is -2.42. The molecule has 2 aromatic carbocycles. The minimum absolute atomic E-state index is 0.00667. The van der Waals surface area contributed by atoms with Crippen LogP contribution in [0.1, 0.15) is 28.0 Å². The summed E-state index contributed by atoms with van der Waals surface area (Å²) in [6, 6.07) is 11.2. The largest absolute Gasteiger partial charge is 0.507 e. The Kier molecular flexibility index (Phi) is 8.48. The molecular formula is C27H30ClN5O3S. The Bertz CT molecular complexity index is 1320. The van der Waals surface area contributed by atoms with E-state index < -0.39 is 0 Å². The van der Waals surface area contributed by atoms with Crippen molar-refractivity contribution in [2.45, 2.75) is 26.8 Å². The Labute approximate surface area is 225 Å². The fraction of sp³-hybridized carbons (Fsp3) is 0.296. The summed E-state index contributed by atoms with van der Waals surface area (Å²) in [5.41, 5.74) is 10.6. The molecule has 1 amide bonds. The molecule has 0 bridgehead atoms. The minimum Gasteiger partial charge on any atom is -0.507 e. The lowest BCUT2D eigenvalue weighted by Gasteiger charge is -2.29. The van der Waals surface area contributed by atoms with Gasteiger partial charge in [0, 0.05) is 16.5 Å². The average molecular weight is 540 g/mol. The maximum absolute atomic E-state index is 12.3. The van der Waals surface area contributed by atoms with Crippen LogP contribution in [0.25, 0.3) is 17.0 Å². The molecule has 1 aliphatic rings. The van der Waals surface area contributed by atoms with Gasteiger partial charge >= 0.3 is 0 Å². The number of benzene rings is 2. The molecule has 1 fully saturated rings. The molecule has 1 saturated heterocycles. The van der Waals surface area contributed by atoms with E-state index in [4.69, 9.17) is 22.1 Å². The Morgan fingerprint density at radius 2 is 2.03 bits per heavy atom. The standard InChI is InChI=1S/C27H30ClN5O3S/c1-16-11-18(12-21(28)26(16)31-24(35)15-33-9-4-10-33)14-30-23(29)13-22(34)25-17(2)37-32-27(25)19-5-7-20(36-3)8-6-19/h5-8,11-13,34H,4,9-10,14-15H2,1-3H3,(H2,29,30)(H,31,35)/b22-13-. The highest BCUT2D eigenvalue weighted by molar-refractivity contribution is 7.06. The number of aromatic nitrogens is 1. The van der Waals surface area contributed by atoms with Gasteiger partial charge in [0.05, 0.1) is 42.2 Å². The molecule has 0 aliphatic carbocycles. The van der Waals surface area contributed by atoms with Gasteiger partial charge < -0.3 is 20.9 Å². The molecule has 0 unspecified atom stereocenters. The van der Waals surface area contributed by atoms with Crippen LogP contribution in [-0.2, 0) is 11.3 Å². The third kappa shape index (κ3) is 6.49. The first-order chi connectivity index (χ1) is 17.7. The van der Waals surface area contributed by atoms with Crippen molar-refractivity contribution in [3.8, 4) is 17.0 Å². The third-order valence-electron chi connectivity index (χ3n) is 6.14. The molecular weight excluding hydrogens is 510 g/mol. The normalized spacial score (nSPS) is 14.4. The predicted molar refractivity (Wildman–Crippen MR) is 151 cm³/mol. The third-order valence-corrected chi connectivity index (χ3v) is 7.19. The summed E-state index contributed by atoms with van der Waals surface area (Å²) in [6.07, 6.45) is 2.56. The topological polar surface area (TPSA) is 113 Å². The molecule has 0 atom stereocenters. The number of aliphatic hydroxyl groups is 1. The number of amidine groups is 1. The highest BCUT2D eigenvalue weighted by Crippen LogP contribution is 2.33. The van der Waals surface area contributed by atoms with Crippen LogP contribution in [0.3, 0.4) is 0 Å². The monoisotopic (exact) mass is 539 g/mol. The summed E-state index contributed by atoms with van der Waals surface area (Å²) < 4.78 is 9.73. The average Bonchev–Trinajstić information content (AvgIpc) is 3.24. The number of hydrogen-bond acceptors (Lipinski definition) is 7. The van der Waals surface area contributed by atoms with Crippen molar-refractivity contribution in [3.63, 3.8) is 0 Å². The van der Waals surface area contributed by atoms with E-state index in [1.54, 1.807) is 13.2 Å². The number of aliphatic imine (C=N–C) groups is 1. The van der Waals surface area contributed by atoms with Crippen molar-refractivity contribution in [2.24, 2.45) is 10.7 Å². The zero-order valence-corrected chi connectivity index (χ0v) is 22.6. The summed E-state index contributed by atoms with van der Waals surface area (Å²) in [7, 11) is 1.61. The van der Waals surface area contributed by atoms with Gasteiger partial charge in [0.15, 0.2) is 0 Å². The summed E-state index contributed by atoms with van der Waals surface area (Å²) in [4.78, 5) is 19.6. The second kappa shape index (κ2) is 11.8. The van der Waals surface area contributed by atoms with Gasteiger partial charge in [0.1, 0.15) is 17.3 Å². The number of ether oxygens (including phenoxy) is 1. The van der Waals surface area contributed by atoms with Crippen LogP contribution in [0.4, 0.5) is 5.69 Å². The van der Waals surface area contributed by atoms with Gasteiger partial charge in [-0.3, -0.25) is 14.7 Å².